The predicted octanol–water partition coefficient (Wildman–Crippen LogP) is 4.28. The first-order valence-electron chi connectivity index (χ1n) is 10.8. The van der Waals surface area contributed by atoms with Gasteiger partial charge in [-0.1, -0.05) is 54.6 Å². The lowest BCUT2D eigenvalue weighted by atomic mass is 9.96. The molecular formula is C25H31N5. The Hall–Kier alpha value is -2.76. The maximum atomic E-state index is 4.91. The van der Waals surface area contributed by atoms with Crippen LogP contribution in [0.15, 0.2) is 60.7 Å². The fourth-order valence-electron chi connectivity index (χ4n) is 4.07. The topological polar surface area (TPSA) is 53.1 Å². The summed E-state index contributed by atoms with van der Waals surface area (Å²) < 4.78 is 0. The number of hydrogen-bond acceptors (Lipinski definition) is 5. The van der Waals surface area contributed by atoms with E-state index >= 15 is 0 Å². The van der Waals surface area contributed by atoms with Crippen LogP contribution in [0.25, 0.3) is 11.1 Å². The van der Waals surface area contributed by atoms with Crippen molar-refractivity contribution < 1.29 is 0 Å². The summed E-state index contributed by atoms with van der Waals surface area (Å²) in [6.07, 6.45) is 2.40. The quantitative estimate of drug-likeness (QED) is 0.619. The Morgan fingerprint density at radius 2 is 1.77 bits per heavy atom. The molecule has 0 amide bonds. The minimum absolute atomic E-state index is 0.475. The third-order valence-corrected chi connectivity index (χ3v) is 5.69. The van der Waals surface area contributed by atoms with E-state index in [1.807, 2.05) is 13.1 Å². The van der Waals surface area contributed by atoms with Gasteiger partial charge in [0.25, 0.3) is 0 Å². The molecule has 156 valence electrons. The van der Waals surface area contributed by atoms with Gasteiger partial charge in [0.15, 0.2) is 0 Å². The average Bonchev–Trinajstić information content (AvgIpc) is 2.80. The molecule has 1 fully saturated rings. The molecular weight excluding hydrogens is 370 g/mol. The lowest BCUT2D eigenvalue weighted by Crippen LogP contribution is -2.29. The van der Waals surface area contributed by atoms with E-state index in [-0.39, 0.29) is 0 Å². The molecule has 1 aliphatic rings. The van der Waals surface area contributed by atoms with Crippen molar-refractivity contribution in [2.45, 2.75) is 31.8 Å². The third-order valence-electron chi connectivity index (χ3n) is 5.69. The lowest BCUT2D eigenvalue weighted by molar-refractivity contribution is 0.309. The number of piperidine rings is 1. The zero-order valence-electron chi connectivity index (χ0n) is 17.9. The Bertz CT molecular complexity index is 934. The highest BCUT2D eigenvalue weighted by molar-refractivity contribution is 5.63. The molecule has 1 atom stereocenters. The largest absolute Gasteiger partial charge is 0.373 e. The van der Waals surface area contributed by atoms with E-state index in [0.29, 0.717) is 5.92 Å². The lowest BCUT2D eigenvalue weighted by Gasteiger charge is -2.23. The number of anilines is 1. The van der Waals surface area contributed by atoms with Gasteiger partial charge < -0.3 is 10.6 Å². The van der Waals surface area contributed by atoms with Gasteiger partial charge in [0.1, 0.15) is 11.6 Å². The number of benzene rings is 2. The van der Waals surface area contributed by atoms with Crippen molar-refractivity contribution in [2.24, 2.45) is 0 Å². The molecule has 0 bridgehead atoms. The van der Waals surface area contributed by atoms with E-state index in [1.54, 1.807) is 0 Å². The SMILES string of the molecule is CNc1cc(C2CCCNC2)nc(CN(C)Cc2ccc(-c3ccccc3)cc2)n1. The summed E-state index contributed by atoms with van der Waals surface area (Å²) in [6.45, 7) is 3.70. The summed E-state index contributed by atoms with van der Waals surface area (Å²) in [5.74, 6) is 2.26. The molecule has 0 radical (unpaired) electrons. The molecule has 1 aromatic heterocycles. The Balaban J connectivity index is 1.42. The van der Waals surface area contributed by atoms with Crippen molar-refractivity contribution in [3.05, 3.63) is 77.7 Å². The van der Waals surface area contributed by atoms with Gasteiger partial charge in [0, 0.05) is 32.1 Å². The van der Waals surface area contributed by atoms with Crippen LogP contribution in [0.5, 0.6) is 0 Å². The van der Waals surface area contributed by atoms with E-state index in [4.69, 9.17) is 9.97 Å². The number of rotatable bonds is 7. The first kappa shape index (κ1) is 20.5. The van der Waals surface area contributed by atoms with Crippen molar-refractivity contribution in [3.8, 4) is 11.1 Å². The Morgan fingerprint density at radius 3 is 2.47 bits per heavy atom. The van der Waals surface area contributed by atoms with E-state index in [0.717, 1.165) is 43.5 Å². The molecule has 0 aliphatic carbocycles. The number of nitrogens with zero attached hydrogens (tertiary/aromatic N) is 3. The van der Waals surface area contributed by atoms with Crippen LogP contribution >= 0.6 is 0 Å². The molecule has 0 spiro atoms. The van der Waals surface area contributed by atoms with Crippen LogP contribution < -0.4 is 10.6 Å². The van der Waals surface area contributed by atoms with Gasteiger partial charge in [0.05, 0.1) is 12.2 Å². The van der Waals surface area contributed by atoms with Crippen LogP contribution in [0.2, 0.25) is 0 Å². The summed E-state index contributed by atoms with van der Waals surface area (Å²) in [5, 5.41) is 6.69. The molecule has 30 heavy (non-hydrogen) atoms. The van der Waals surface area contributed by atoms with Crippen molar-refractivity contribution in [1.82, 2.24) is 20.2 Å². The molecule has 4 rings (SSSR count). The Labute approximate surface area is 179 Å². The molecule has 1 aliphatic heterocycles. The van der Waals surface area contributed by atoms with E-state index in [1.165, 1.54) is 29.5 Å². The van der Waals surface area contributed by atoms with Crippen LogP contribution in [0.3, 0.4) is 0 Å². The van der Waals surface area contributed by atoms with Gasteiger partial charge in [-0.15, -0.1) is 0 Å². The summed E-state index contributed by atoms with van der Waals surface area (Å²) >= 11 is 0. The molecule has 2 heterocycles. The van der Waals surface area contributed by atoms with Gasteiger partial charge >= 0.3 is 0 Å². The van der Waals surface area contributed by atoms with Gasteiger partial charge in [-0.2, -0.15) is 0 Å². The third kappa shape index (κ3) is 5.23. The summed E-state index contributed by atoms with van der Waals surface area (Å²) in [7, 11) is 4.05. The minimum atomic E-state index is 0.475. The van der Waals surface area contributed by atoms with Crippen molar-refractivity contribution in [3.63, 3.8) is 0 Å². The number of hydrogen-bond donors (Lipinski definition) is 2. The summed E-state index contributed by atoms with van der Waals surface area (Å²) in [4.78, 5) is 11.9. The molecule has 0 saturated carbocycles. The smallest absolute Gasteiger partial charge is 0.144 e. The maximum Gasteiger partial charge on any atom is 0.144 e. The normalized spacial score (nSPS) is 16.6. The van der Waals surface area contributed by atoms with Crippen molar-refractivity contribution in [2.75, 3.05) is 32.5 Å². The fraction of sp³-hybridized carbons (Fsp3) is 0.360. The Morgan fingerprint density at radius 1 is 1.00 bits per heavy atom. The van der Waals surface area contributed by atoms with Gasteiger partial charge in [-0.3, -0.25) is 4.90 Å². The zero-order chi connectivity index (χ0) is 20.8. The first-order valence-corrected chi connectivity index (χ1v) is 10.8. The number of aromatic nitrogens is 2. The van der Waals surface area contributed by atoms with Gasteiger partial charge in [0.2, 0.25) is 0 Å². The standard InChI is InChI=1S/C25H31N5/c1-26-24-15-23(22-9-6-14-27-16-22)28-25(29-24)18-30(2)17-19-10-12-21(13-11-19)20-7-4-3-5-8-20/h3-5,7-8,10-13,15,22,27H,6,9,14,16-18H2,1-2H3,(H,26,28,29). The maximum absolute atomic E-state index is 4.91. The molecule has 5 nitrogen and oxygen atoms in total. The summed E-state index contributed by atoms with van der Waals surface area (Å²) in [5.41, 5.74) is 4.94. The molecule has 1 saturated heterocycles. The van der Waals surface area contributed by atoms with E-state index in [9.17, 15) is 0 Å². The predicted molar refractivity (Wildman–Crippen MR) is 123 cm³/mol. The monoisotopic (exact) mass is 401 g/mol. The van der Waals surface area contributed by atoms with E-state index < -0.39 is 0 Å². The highest BCUT2D eigenvalue weighted by Gasteiger charge is 2.18. The second-order valence-corrected chi connectivity index (χ2v) is 8.12. The van der Waals surface area contributed by atoms with Crippen LogP contribution in [-0.2, 0) is 13.1 Å². The molecule has 5 heteroatoms. The second kappa shape index (κ2) is 9.83. The second-order valence-electron chi connectivity index (χ2n) is 8.12. The minimum Gasteiger partial charge on any atom is -0.373 e. The van der Waals surface area contributed by atoms with E-state index in [2.05, 4.69) is 77.2 Å². The first-order chi connectivity index (χ1) is 14.7. The average molecular weight is 402 g/mol. The molecule has 3 aromatic rings. The summed E-state index contributed by atoms with van der Waals surface area (Å²) in [6, 6.07) is 21.4. The van der Waals surface area contributed by atoms with Crippen LogP contribution in [0, 0.1) is 0 Å². The molecule has 2 aromatic carbocycles. The highest BCUT2D eigenvalue weighted by Crippen LogP contribution is 2.24. The number of nitrogens with one attached hydrogen (secondary N) is 2. The van der Waals surface area contributed by atoms with Crippen molar-refractivity contribution >= 4 is 5.82 Å². The molecule has 2 N–H and O–H groups in total. The fourth-order valence-corrected chi connectivity index (χ4v) is 4.07. The zero-order valence-corrected chi connectivity index (χ0v) is 17.9. The van der Waals surface area contributed by atoms with Crippen molar-refractivity contribution in [1.29, 1.82) is 0 Å². The van der Waals surface area contributed by atoms with Crippen LogP contribution in [0.4, 0.5) is 5.82 Å². The Kier molecular flexibility index (Phi) is 6.72. The molecule has 1 unspecified atom stereocenters. The van der Waals surface area contributed by atoms with Crippen LogP contribution in [0.1, 0.15) is 35.8 Å². The highest BCUT2D eigenvalue weighted by atomic mass is 15.1. The van der Waals surface area contributed by atoms with Gasteiger partial charge in [-0.25, -0.2) is 9.97 Å². The van der Waals surface area contributed by atoms with Crippen LogP contribution in [-0.4, -0.2) is 42.1 Å². The van der Waals surface area contributed by atoms with Gasteiger partial charge in [-0.05, 0) is 43.1 Å².